The van der Waals surface area contributed by atoms with Crippen molar-refractivity contribution in [1.29, 1.82) is 0 Å². The molecule has 0 bridgehead atoms. The van der Waals surface area contributed by atoms with E-state index in [0.29, 0.717) is 25.5 Å². The van der Waals surface area contributed by atoms with Crippen LogP contribution in [0.25, 0.3) is 0 Å². The van der Waals surface area contributed by atoms with E-state index in [1.807, 2.05) is 4.90 Å². The molecule has 0 aromatic heterocycles. The van der Waals surface area contributed by atoms with Crippen molar-refractivity contribution >= 4 is 5.91 Å². The Morgan fingerprint density at radius 1 is 1.62 bits per heavy atom. The van der Waals surface area contributed by atoms with Crippen LogP contribution in [0.4, 0.5) is 0 Å². The molecule has 1 amide bonds. The predicted molar refractivity (Wildman–Crippen MR) is 59.9 cm³/mol. The molecule has 2 fully saturated rings. The van der Waals surface area contributed by atoms with Crippen molar-refractivity contribution in [2.45, 2.75) is 32.3 Å². The van der Waals surface area contributed by atoms with E-state index in [4.69, 9.17) is 4.74 Å². The Labute approximate surface area is 96.6 Å². The van der Waals surface area contributed by atoms with Crippen molar-refractivity contribution in [2.24, 2.45) is 11.8 Å². The van der Waals surface area contributed by atoms with Crippen LogP contribution in [0, 0.1) is 11.8 Å². The van der Waals surface area contributed by atoms with Crippen LogP contribution in [-0.4, -0.2) is 48.3 Å². The summed E-state index contributed by atoms with van der Waals surface area (Å²) in [7, 11) is 0. The first-order valence-electron chi connectivity index (χ1n) is 6.24. The molecule has 0 spiro atoms. The molecule has 2 aliphatic heterocycles. The minimum atomic E-state index is -0.415. The topological polar surface area (TPSA) is 49.8 Å². The number of aliphatic hydroxyl groups is 1. The standard InChI is InChI=1S/C12H21NO3/c1-2-9-5-12(15)13(6-9)7-11(14)10-3-4-16-8-10/h9-11,14H,2-8H2,1H3. The molecular weight excluding hydrogens is 206 g/mol. The molecule has 2 saturated heterocycles. The number of carbonyl (C=O) groups excluding carboxylic acids is 1. The molecule has 2 aliphatic rings. The van der Waals surface area contributed by atoms with Gasteiger partial charge < -0.3 is 14.7 Å². The van der Waals surface area contributed by atoms with Gasteiger partial charge in [-0.05, 0) is 12.3 Å². The summed E-state index contributed by atoms with van der Waals surface area (Å²) in [6.45, 7) is 4.81. The van der Waals surface area contributed by atoms with Crippen molar-refractivity contribution < 1.29 is 14.6 Å². The lowest BCUT2D eigenvalue weighted by atomic mass is 10.0. The minimum absolute atomic E-state index is 0.199. The number of carbonyl (C=O) groups is 1. The van der Waals surface area contributed by atoms with Gasteiger partial charge in [-0.1, -0.05) is 13.3 Å². The summed E-state index contributed by atoms with van der Waals surface area (Å²) in [5.41, 5.74) is 0. The molecular formula is C12H21NO3. The third-order valence-electron chi connectivity index (χ3n) is 3.79. The smallest absolute Gasteiger partial charge is 0.223 e. The maximum Gasteiger partial charge on any atom is 0.223 e. The molecule has 3 unspecified atom stereocenters. The fourth-order valence-corrected chi connectivity index (χ4v) is 2.53. The van der Waals surface area contributed by atoms with Crippen molar-refractivity contribution in [3.05, 3.63) is 0 Å². The van der Waals surface area contributed by atoms with E-state index in [-0.39, 0.29) is 11.8 Å². The van der Waals surface area contributed by atoms with Crippen LogP contribution in [-0.2, 0) is 9.53 Å². The first-order chi connectivity index (χ1) is 7.70. The second kappa shape index (κ2) is 5.15. The first-order valence-corrected chi connectivity index (χ1v) is 6.24. The molecule has 0 saturated carbocycles. The van der Waals surface area contributed by atoms with E-state index in [9.17, 15) is 9.90 Å². The van der Waals surface area contributed by atoms with Gasteiger partial charge in [-0.25, -0.2) is 0 Å². The Morgan fingerprint density at radius 2 is 2.44 bits per heavy atom. The van der Waals surface area contributed by atoms with Gasteiger partial charge in [0.05, 0.1) is 12.7 Å². The largest absolute Gasteiger partial charge is 0.391 e. The van der Waals surface area contributed by atoms with Crippen molar-refractivity contribution in [2.75, 3.05) is 26.3 Å². The monoisotopic (exact) mass is 227 g/mol. The van der Waals surface area contributed by atoms with Gasteiger partial charge >= 0.3 is 0 Å². The van der Waals surface area contributed by atoms with E-state index in [1.54, 1.807) is 0 Å². The Bertz CT molecular complexity index is 251. The summed E-state index contributed by atoms with van der Waals surface area (Å²) >= 11 is 0. The van der Waals surface area contributed by atoms with Gasteiger partial charge in [0.2, 0.25) is 5.91 Å². The molecule has 16 heavy (non-hydrogen) atoms. The fourth-order valence-electron chi connectivity index (χ4n) is 2.53. The maximum atomic E-state index is 11.7. The van der Waals surface area contributed by atoms with Gasteiger partial charge in [0.25, 0.3) is 0 Å². The zero-order valence-electron chi connectivity index (χ0n) is 9.89. The van der Waals surface area contributed by atoms with Crippen LogP contribution >= 0.6 is 0 Å². The number of likely N-dealkylation sites (tertiary alicyclic amines) is 1. The summed E-state index contributed by atoms with van der Waals surface area (Å²) in [5, 5.41) is 10.0. The number of aliphatic hydroxyl groups excluding tert-OH is 1. The minimum Gasteiger partial charge on any atom is -0.391 e. The van der Waals surface area contributed by atoms with Crippen LogP contribution in [0.3, 0.4) is 0 Å². The lowest BCUT2D eigenvalue weighted by Crippen LogP contribution is -2.37. The van der Waals surface area contributed by atoms with E-state index in [2.05, 4.69) is 6.92 Å². The molecule has 1 N–H and O–H groups in total. The van der Waals surface area contributed by atoms with E-state index >= 15 is 0 Å². The molecule has 3 atom stereocenters. The lowest BCUT2D eigenvalue weighted by Gasteiger charge is -2.23. The van der Waals surface area contributed by atoms with E-state index < -0.39 is 6.10 Å². The van der Waals surface area contributed by atoms with Crippen LogP contribution in [0.15, 0.2) is 0 Å². The fraction of sp³-hybridized carbons (Fsp3) is 0.917. The van der Waals surface area contributed by atoms with Gasteiger partial charge in [0.15, 0.2) is 0 Å². The number of rotatable bonds is 4. The summed E-state index contributed by atoms with van der Waals surface area (Å²) in [4.78, 5) is 13.5. The van der Waals surface area contributed by atoms with Crippen LogP contribution in [0.5, 0.6) is 0 Å². The summed E-state index contributed by atoms with van der Waals surface area (Å²) in [6, 6.07) is 0. The van der Waals surface area contributed by atoms with Crippen LogP contribution < -0.4 is 0 Å². The average Bonchev–Trinajstić information content (AvgIpc) is 2.88. The molecule has 4 heteroatoms. The SMILES string of the molecule is CCC1CC(=O)N(CC(O)C2CCOC2)C1. The highest BCUT2D eigenvalue weighted by Crippen LogP contribution is 2.23. The van der Waals surface area contributed by atoms with Gasteiger partial charge in [-0.15, -0.1) is 0 Å². The zero-order chi connectivity index (χ0) is 11.5. The van der Waals surface area contributed by atoms with Gasteiger partial charge in [-0.2, -0.15) is 0 Å². The van der Waals surface area contributed by atoms with E-state index in [0.717, 1.165) is 26.0 Å². The normalized spacial score (nSPS) is 32.4. The number of nitrogens with zero attached hydrogens (tertiary/aromatic N) is 1. The lowest BCUT2D eigenvalue weighted by molar-refractivity contribution is -0.129. The highest BCUT2D eigenvalue weighted by atomic mass is 16.5. The highest BCUT2D eigenvalue weighted by Gasteiger charge is 2.32. The molecule has 0 radical (unpaired) electrons. The van der Waals surface area contributed by atoms with Crippen LogP contribution in [0.2, 0.25) is 0 Å². The molecule has 2 rings (SSSR count). The van der Waals surface area contributed by atoms with Crippen molar-refractivity contribution in [1.82, 2.24) is 4.90 Å². The van der Waals surface area contributed by atoms with Gasteiger partial charge in [0.1, 0.15) is 0 Å². The number of hydrogen-bond donors (Lipinski definition) is 1. The molecule has 0 aliphatic carbocycles. The third-order valence-corrected chi connectivity index (χ3v) is 3.79. The third kappa shape index (κ3) is 2.55. The average molecular weight is 227 g/mol. The van der Waals surface area contributed by atoms with Crippen molar-refractivity contribution in [3.63, 3.8) is 0 Å². The summed E-state index contributed by atoms with van der Waals surface area (Å²) in [6.07, 6.45) is 2.21. The second-order valence-corrected chi connectivity index (χ2v) is 4.97. The summed E-state index contributed by atoms with van der Waals surface area (Å²) < 4.78 is 5.25. The Morgan fingerprint density at radius 3 is 3.00 bits per heavy atom. The quantitative estimate of drug-likeness (QED) is 0.767. The predicted octanol–water partition coefficient (Wildman–Crippen LogP) is 0.642. The van der Waals surface area contributed by atoms with Crippen molar-refractivity contribution in [3.8, 4) is 0 Å². The Balaban J connectivity index is 1.82. The summed E-state index contributed by atoms with van der Waals surface area (Å²) in [5.74, 6) is 0.901. The molecule has 0 aromatic rings. The Kier molecular flexibility index (Phi) is 3.82. The number of amides is 1. The first kappa shape index (κ1) is 11.9. The number of β-amino-alcohol motifs (C(OH)–C–C–N with tert-alkyl or cyclic N) is 1. The maximum absolute atomic E-state index is 11.7. The Hall–Kier alpha value is -0.610. The molecule has 92 valence electrons. The molecule has 0 aromatic carbocycles. The van der Waals surface area contributed by atoms with Gasteiger partial charge in [0, 0.05) is 32.0 Å². The van der Waals surface area contributed by atoms with Gasteiger partial charge in [-0.3, -0.25) is 4.79 Å². The second-order valence-electron chi connectivity index (χ2n) is 4.97. The van der Waals surface area contributed by atoms with Crippen LogP contribution in [0.1, 0.15) is 26.2 Å². The highest BCUT2D eigenvalue weighted by molar-refractivity contribution is 5.78. The zero-order valence-corrected chi connectivity index (χ0v) is 9.89. The molecule has 2 heterocycles. The number of ether oxygens (including phenoxy) is 1. The van der Waals surface area contributed by atoms with E-state index in [1.165, 1.54) is 0 Å². The number of hydrogen-bond acceptors (Lipinski definition) is 3. The molecule has 4 nitrogen and oxygen atoms in total.